The number of benzene rings is 1. The molecule has 0 fully saturated rings. The van der Waals surface area contributed by atoms with E-state index in [9.17, 15) is 9.59 Å². The summed E-state index contributed by atoms with van der Waals surface area (Å²) in [4.78, 5) is 27.4. The Morgan fingerprint density at radius 1 is 1.29 bits per heavy atom. The second-order valence-electron chi connectivity index (χ2n) is 6.26. The first-order valence-corrected chi connectivity index (χ1v) is 7.70. The van der Waals surface area contributed by atoms with Crippen molar-refractivity contribution in [2.45, 2.75) is 32.8 Å². The highest BCUT2D eigenvalue weighted by molar-refractivity contribution is 6.10. The number of aromatic amines is 1. The molecule has 0 aliphatic heterocycles. The number of hydrogen-bond acceptors (Lipinski definition) is 4. The van der Waals surface area contributed by atoms with E-state index in [-0.39, 0.29) is 12.3 Å². The van der Waals surface area contributed by atoms with Crippen molar-refractivity contribution in [3.05, 3.63) is 42.6 Å². The largest absolute Gasteiger partial charge is 0.455 e. The lowest BCUT2D eigenvalue weighted by molar-refractivity contribution is 0.00651. The molecule has 128 valence electrons. The van der Waals surface area contributed by atoms with Crippen LogP contribution in [0.5, 0.6) is 0 Å². The molecule has 1 aromatic carbocycles. The highest BCUT2D eigenvalue weighted by Gasteiger charge is 2.25. The molecular weight excluding hydrogens is 308 g/mol. The lowest BCUT2D eigenvalue weighted by Crippen LogP contribution is -2.25. The van der Waals surface area contributed by atoms with Gasteiger partial charge in [0.15, 0.2) is 0 Å². The van der Waals surface area contributed by atoms with Crippen LogP contribution in [0.15, 0.2) is 36.9 Å². The maximum Gasteiger partial charge on any atom is 0.411 e. The number of ether oxygens (including phenoxy) is 2. The quantitative estimate of drug-likeness (QED) is 0.488. The maximum atomic E-state index is 12.4. The smallest absolute Gasteiger partial charge is 0.411 e. The predicted octanol–water partition coefficient (Wildman–Crippen LogP) is 4.25. The maximum absolute atomic E-state index is 12.4. The number of amides is 1. The van der Waals surface area contributed by atoms with Gasteiger partial charge in [-0.2, -0.15) is 0 Å². The Bertz CT molecular complexity index is 756. The fourth-order valence-corrected chi connectivity index (χ4v) is 2.13. The lowest BCUT2D eigenvalue weighted by Gasteiger charge is -2.19. The van der Waals surface area contributed by atoms with E-state index >= 15 is 0 Å². The average Bonchev–Trinajstić information content (AvgIpc) is 2.85. The standard InChI is InChI=1S/C18H22N2O4/c1-5-6-11-23-17(22)20-14-12-9-7-8-10-13(12)19-15(14)16(21)24-18(2,3)4/h5,7-10,19H,1,6,11H2,2-4H3,(H,20,22). The number of hydrogen-bond donors (Lipinski definition) is 2. The normalized spacial score (nSPS) is 11.1. The summed E-state index contributed by atoms with van der Waals surface area (Å²) in [6.45, 7) is 9.14. The van der Waals surface area contributed by atoms with Crippen molar-refractivity contribution in [1.29, 1.82) is 0 Å². The summed E-state index contributed by atoms with van der Waals surface area (Å²) in [7, 11) is 0. The summed E-state index contributed by atoms with van der Waals surface area (Å²) in [6.07, 6.45) is 1.58. The molecule has 0 aliphatic carbocycles. The predicted molar refractivity (Wildman–Crippen MR) is 93.3 cm³/mol. The van der Waals surface area contributed by atoms with Crippen LogP contribution in [0.25, 0.3) is 10.9 Å². The number of fused-ring (bicyclic) bond motifs is 1. The van der Waals surface area contributed by atoms with Gasteiger partial charge in [0.2, 0.25) is 0 Å². The lowest BCUT2D eigenvalue weighted by atomic mass is 10.2. The molecule has 1 aromatic heterocycles. The van der Waals surface area contributed by atoms with Gasteiger partial charge in [-0.15, -0.1) is 6.58 Å². The van der Waals surface area contributed by atoms with Crippen molar-refractivity contribution in [2.24, 2.45) is 0 Å². The molecule has 2 aromatic rings. The fourth-order valence-electron chi connectivity index (χ4n) is 2.13. The Balaban J connectivity index is 2.31. The zero-order valence-electron chi connectivity index (χ0n) is 14.1. The number of carbonyl (C=O) groups is 2. The van der Waals surface area contributed by atoms with Gasteiger partial charge in [-0.05, 0) is 33.3 Å². The molecule has 2 rings (SSSR count). The Hall–Kier alpha value is -2.76. The minimum atomic E-state index is -0.643. The number of nitrogens with one attached hydrogen (secondary N) is 2. The van der Waals surface area contributed by atoms with Crippen molar-refractivity contribution < 1.29 is 19.1 Å². The monoisotopic (exact) mass is 330 g/mol. The minimum absolute atomic E-state index is 0.187. The first-order valence-electron chi connectivity index (χ1n) is 7.70. The van der Waals surface area contributed by atoms with Gasteiger partial charge in [-0.3, -0.25) is 5.32 Å². The Kier molecular flexibility index (Phi) is 5.28. The van der Waals surface area contributed by atoms with Crippen molar-refractivity contribution in [3.8, 4) is 0 Å². The third kappa shape index (κ3) is 4.38. The summed E-state index contributed by atoms with van der Waals surface area (Å²) in [5, 5.41) is 3.34. The number of para-hydroxylation sites is 1. The summed E-state index contributed by atoms with van der Waals surface area (Å²) in [5.41, 5.74) is 0.617. The number of esters is 1. The Morgan fingerprint density at radius 2 is 2.00 bits per heavy atom. The molecule has 0 unspecified atom stereocenters. The Labute approximate surface area is 140 Å². The number of H-pyrrole nitrogens is 1. The molecule has 1 amide bonds. The molecule has 0 saturated heterocycles. The summed E-state index contributed by atoms with van der Waals surface area (Å²) in [6, 6.07) is 7.28. The van der Waals surface area contributed by atoms with Gasteiger partial charge in [-0.25, -0.2) is 9.59 Å². The van der Waals surface area contributed by atoms with E-state index in [0.717, 1.165) is 5.52 Å². The molecule has 1 heterocycles. The van der Waals surface area contributed by atoms with E-state index in [1.54, 1.807) is 32.9 Å². The molecule has 2 N–H and O–H groups in total. The van der Waals surface area contributed by atoms with Gasteiger partial charge in [-0.1, -0.05) is 24.3 Å². The van der Waals surface area contributed by atoms with Crippen molar-refractivity contribution in [2.75, 3.05) is 11.9 Å². The number of carbonyl (C=O) groups excluding carboxylic acids is 2. The molecule has 0 radical (unpaired) electrons. The molecule has 0 atom stereocenters. The van der Waals surface area contributed by atoms with Crippen LogP contribution in [0, 0.1) is 0 Å². The molecular formula is C18H22N2O4. The second kappa shape index (κ2) is 7.21. The van der Waals surface area contributed by atoms with Crippen LogP contribution in [0.1, 0.15) is 37.7 Å². The average molecular weight is 330 g/mol. The molecule has 24 heavy (non-hydrogen) atoms. The molecule has 6 heteroatoms. The summed E-state index contributed by atoms with van der Waals surface area (Å²) in [5.74, 6) is -0.542. The van der Waals surface area contributed by atoms with E-state index in [4.69, 9.17) is 9.47 Å². The first kappa shape index (κ1) is 17.6. The highest BCUT2D eigenvalue weighted by atomic mass is 16.6. The number of anilines is 1. The number of aromatic nitrogens is 1. The third-order valence-electron chi connectivity index (χ3n) is 3.09. The van der Waals surface area contributed by atoms with Crippen molar-refractivity contribution in [3.63, 3.8) is 0 Å². The van der Waals surface area contributed by atoms with E-state index in [0.29, 0.717) is 17.5 Å². The minimum Gasteiger partial charge on any atom is -0.455 e. The van der Waals surface area contributed by atoms with Crippen molar-refractivity contribution >= 4 is 28.7 Å². The summed E-state index contributed by atoms with van der Waals surface area (Å²) >= 11 is 0. The van der Waals surface area contributed by atoms with Crippen LogP contribution in [-0.2, 0) is 9.47 Å². The van der Waals surface area contributed by atoms with Crippen LogP contribution in [0.2, 0.25) is 0 Å². The fraction of sp³-hybridized carbons (Fsp3) is 0.333. The van der Waals surface area contributed by atoms with Gasteiger partial charge in [0.25, 0.3) is 0 Å². The second-order valence-corrected chi connectivity index (χ2v) is 6.26. The van der Waals surface area contributed by atoms with Crippen LogP contribution in [0.3, 0.4) is 0 Å². The van der Waals surface area contributed by atoms with E-state index in [2.05, 4.69) is 16.9 Å². The molecule has 6 nitrogen and oxygen atoms in total. The molecule has 0 saturated carbocycles. The molecule has 0 spiro atoms. The van der Waals surface area contributed by atoms with Gasteiger partial charge in [0.1, 0.15) is 11.3 Å². The van der Waals surface area contributed by atoms with E-state index in [1.807, 2.05) is 18.2 Å². The van der Waals surface area contributed by atoms with Crippen LogP contribution in [0.4, 0.5) is 10.5 Å². The van der Waals surface area contributed by atoms with Gasteiger partial charge >= 0.3 is 12.1 Å². The van der Waals surface area contributed by atoms with Gasteiger partial charge in [0.05, 0.1) is 12.3 Å². The van der Waals surface area contributed by atoms with Crippen LogP contribution < -0.4 is 5.32 Å². The summed E-state index contributed by atoms with van der Waals surface area (Å²) < 4.78 is 10.5. The molecule has 0 bridgehead atoms. The van der Waals surface area contributed by atoms with E-state index in [1.165, 1.54) is 0 Å². The van der Waals surface area contributed by atoms with Crippen molar-refractivity contribution in [1.82, 2.24) is 4.98 Å². The zero-order chi connectivity index (χ0) is 17.7. The van der Waals surface area contributed by atoms with Crippen LogP contribution >= 0.6 is 0 Å². The Morgan fingerprint density at radius 3 is 2.67 bits per heavy atom. The zero-order valence-corrected chi connectivity index (χ0v) is 14.1. The third-order valence-corrected chi connectivity index (χ3v) is 3.09. The van der Waals surface area contributed by atoms with Gasteiger partial charge < -0.3 is 14.5 Å². The number of rotatable bonds is 5. The topological polar surface area (TPSA) is 80.4 Å². The van der Waals surface area contributed by atoms with E-state index < -0.39 is 17.7 Å². The van der Waals surface area contributed by atoms with Crippen LogP contribution in [-0.4, -0.2) is 29.3 Å². The molecule has 0 aliphatic rings. The van der Waals surface area contributed by atoms with Gasteiger partial charge in [0, 0.05) is 10.9 Å². The highest BCUT2D eigenvalue weighted by Crippen LogP contribution is 2.29. The SMILES string of the molecule is C=CCCOC(=O)Nc1c(C(=O)OC(C)(C)C)[nH]c2ccccc12. The first-order chi connectivity index (χ1) is 11.3.